The third-order valence-corrected chi connectivity index (χ3v) is 4.15. The highest BCUT2D eigenvalue weighted by Gasteiger charge is 2.34. The molecule has 2 aromatic carbocycles. The Morgan fingerprint density at radius 3 is 2.65 bits per heavy atom. The third kappa shape index (κ3) is 3.68. The molecule has 1 heterocycles. The number of rotatable bonds is 3. The minimum atomic E-state index is -4.74. The van der Waals surface area contributed by atoms with Crippen LogP contribution in [-0.2, 0) is 22.3 Å². The van der Waals surface area contributed by atoms with Crippen LogP contribution in [0.2, 0.25) is 0 Å². The van der Waals surface area contributed by atoms with Gasteiger partial charge in [-0.15, -0.1) is 0 Å². The van der Waals surface area contributed by atoms with Gasteiger partial charge in [-0.25, -0.2) is 4.39 Å². The first kappa shape index (κ1) is 17.9. The molecule has 0 saturated heterocycles. The lowest BCUT2D eigenvalue weighted by Crippen LogP contribution is -2.35. The van der Waals surface area contributed by atoms with Crippen LogP contribution in [0.5, 0.6) is 0 Å². The van der Waals surface area contributed by atoms with E-state index < -0.39 is 35.9 Å². The zero-order valence-corrected chi connectivity index (χ0v) is 13.4. The van der Waals surface area contributed by atoms with Crippen molar-refractivity contribution in [2.75, 3.05) is 5.32 Å². The molecule has 0 spiro atoms. The monoisotopic (exact) mass is 366 g/mol. The quantitative estimate of drug-likeness (QED) is 0.816. The molecule has 2 amide bonds. The van der Waals surface area contributed by atoms with Gasteiger partial charge in [0, 0.05) is 18.7 Å². The molecule has 0 aliphatic carbocycles. The summed E-state index contributed by atoms with van der Waals surface area (Å²) in [6, 6.07) is 9.02. The summed E-state index contributed by atoms with van der Waals surface area (Å²) >= 11 is 0. The predicted molar refractivity (Wildman–Crippen MR) is 85.7 cm³/mol. The number of benzene rings is 2. The van der Waals surface area contributed by atoms with Gasteiger partial charge in [-0.05, 0) is 29.3 Å². The number of amides is 2. The number of fused-ring (bicyclic) bond motifs is 1. The van der Waals surface area contributed by atoms with E-state index in [0.717, 1.165) is 12.1 Å². The minimum absolute atomic E-state index is 0.0988. The third-order valence-electron chi connectivity index (χ3n) is 4.15. The number of halogens is 4. The SMILES string of the molecule is O=C1C[C@H](C(=O)NCc2ccc(F)cc2C(F)(F)F)c2ccccc2N1. The van der Waals surface area contributed by atoms with E-state index in [1.54, 1.807) is 24.3 Å². The summed E-state index contributed by atoms with van der Waals surface area (Å²) in [5, 5.41) is 5.07. The van der Waals surface area contributed by atoms with Crippen molar-refractivity contribution < 1.29 is 27.2 Å². The van der Waals surface area contributed by atoms with Crippen molar-refractivity contribution in [3.8, 4) is 0 Å². The molecule has 3 rings (SSSR count). The van der Waals surface area contributed by atoms with E-state index in [0.29, 0.717) is 17.3 Å². The molecule has 2 N–H and O–H groups in total. The Morgan fingerprint density at radius 2 is 1.92 bits per heavy atom. The van der Waals surface area contributed by atoms with Crippen LogP contribution in [0, 0.1) is 5.82 Å². The summed E-state index contributed by atoms with van der Waals surface area (Å²) in [5.74, 6) is -2.72. The van der Waals surface area contributed by atoms with Crippen LogP contribution >= 0.6 is 0 Å². The van der Waals surface area contributed by atoms with E-state index in [-0.39, 0.29) is 17.9 Å². The minimum Gasteiger partial charge on any atom is -0.351 e. The first-order valence-corrected chi connectivity index (χ1v) is 7.78. The topological polar surface area (TPSA) is 58.2 Å². The fourth-order valence-corrected chi connectivity index (χ4v) is 2.92. The first-order valence-electron chi connectivity index (χ1n) is 7.78. The van der Waals surface area contributed by atoms with E-state index in [9.17, 15) is 27.2 Å². The highest BCUT2D eigenvalue weighted by atomic mass is 19.4. The van der Waals surface area contributed by atoms with Crippen LogP contribution in [0.25, 0.3) is 0 Å². The van der Waals surface area contributed by atoms with Crippen molar-refractivity contribution in [1.29, 1.82) is 0 Å². The molecule has 0 radical (unpaired) electrons. The molecule has 0 unspecified atom stereocenters. The molecule has 8 heteroatoms. The van der Waals surface area contributed by atoms with E-state index in [1.165, 1.54) is 0 Å². The van der Waals surface area contributed by atoms with Gasteiger partial charge < -0.3 is 10.6 Å². The smallest absolute Gasteiger partial charge is 0.351 e. The fourth-order valence-electron chi connectivity index (χ4n) is 2.92. The molecule has 0 bridgehead atoms. The molecular weight excluding hydrogens is 352 g/mol. The number of carbonyl (C=O) groups excluding carboxylic acids is 2. The van der Waals surface area contributed by atoms with Crippen molar-refractivity contribution >= 4 is 17.5 Å². The van der Waals surface area contributed by atoms with Gasteiger partial charge in [0.25, 0.3) is 0 Å². The van der Waals surface area contributed by atoms with Crippen LogP contribution in [0.3, 0.4) is 0 Å². The second kappa shape index (κ2) is 6.78. The summed E-state index contributed by atoms with van der Waals surface area (Å²) in [6.45, 7) is -0.422. The lowest BCUT2D eigenvalue weighted by atomic mass is 9.89. The van der Waals surface area contributed by atoms with Gasteiger partial charge in [-0.2, -0.15) is 13.2 Å². The van der Waals surface area contributed by atoms with Crippen LogP contribution in [0.4, 0.5) is 23.2 Å². The van der Waals surface area contributed by atoms with Gasteiger partial charge in [0.15, 0.2) is 0 Å². The fraction of sp³-hybridized carbons (Fsp3) is 0.222. The second-order valence-corrected chi connectivity index (χ2v) is 5.91. The molecule has 2 aromatic rings. The highest BCUT2D eigenvalue weighted by Crippen LogP contribution is 2.34. The Morgan fingerprint density at radius 1 is 1.19 bits per heavy atom. The molecule has 1 aliphatic rings. The van der Waals surface area contributed by atoms with Gasteiger partial charge in [-0.1, -0.05) is 24.3 Å². The van der Waals surface area contributed by atoms with Crippen LogP contribution in [0.1, 0.15) is 29.0 Å². The number of anilines is 1. The van der Waals surface area contributed by atoms with Gasteiger partial charge in [0.1, 0.15) is 5.82 Å². The zero-order valence-electron chi connectivity index (χ0n) is 13.4. The summed E-state index contributed by atoms with van der Waals surface area (Å²) in [6.07, 6.45) is -4.84. The molecule has 1 aliphatic heterocycles. The molecule has 0 fully saturated rings. The average molecular weight is 366 g/mol. The van der Waals surface area contributed by atoms with Gasteiger partial charge in [0.2, 0.25) is 11.8 Å². The van der Waals surface area contributed by atoms with E-state index in [1.807, 2.05) is 0 Å². The Kier molecular flexibility index (Phi) is 4.67. The summed E-state index contributed by atoms with van der Waals surface area (Å²) in [5.41, 5.74) is -0.290. The van der Waals surface area contributed by atoms with Gasteiger partial charge >= 0.3 is 6.18 Å². The molecule has 26 heavy (non-hydrogen) atoms. The molecule has 0 saturated carbocycles. The number of para-hydroxylation sites is 1. The number of alkyl halides is 3. The summed E-state index contributed by atoms with van der Waals surface area (Å²) in [7, 11) is 0. The van der Waals surface area contributed by atoms with Gasteiger partial charge in [-0.3, -0.25) is 9.59 Å². The molecule has 136 valence electrons. The van der Waals surface area contributed by atoms with E-state index >= 15 is 0 Å². The molecule has 0 aromatic heterocycles. The Hall–Kier alpha value is -2.90. The number of carbonyl (C=O) groups is 2. The Labute approximate surface area is 146 Å². The Balaban J connectivity index is 1.79. The van der Waals surface area contributed by atoms with Crippen LogP contribution in [0.15, 0.2) is 42.5 Å². The number of hydrogen-bond donors (Lipinski definition) is 2. The van der Waals surface area contributed by atoms with Gasteiger partial charge in [0.05, 0.1) is 11.5 Å². The zero-order chi connectivity index (χ0) is 18.9. The Bertz CT molecular complexity index is 865. The normalized spacial score (nSPS) is 16.6. The van der Waals surface area contributed by atoms with Crippen LogP contribution < -0.4 is 10.6 Å². The summed E-state index contributed by atoms with van der Waals surface area (Å²) < 4.78 is 52.2. The number of hydrogen-bond acceptors (Lipinski definition) is 2. The molecule has 1 atom stereocenters. The largest absolute Gasteiger partial charge is 0.416 e. The maximum atomic E-state index is 13.1. The maximum absolute atomic E-state index is 13.1. The standard InChI is InChI=1S/C18H14F4N2O2/c19-11-6-5-10(14(7-11)18(20,21)22)9-23-17(26)13-8-16(25)24-15-4-2-1-3-12(13)15/h1-7,13H,8-9H2,(H,23,26)(H,24,25)/t13-/m0/s1. The molecular formula is C18H14F4N2O2. The second-order valence-electron chi connectivity index (χ2n) is 5.91. The average Bonchev–Trinajstić information content (AvgIpc) is 2.58. The predicted octanol–water partition coefficient (Wildman–Crippen LogP) is 3.59. The maximum Gasteiger partial charge on any atom is 0.416 e. The van der Waals surface area contributed by atoms with Crippen molar-refractivity contribution in [1.82, 2.24) is 5.32 Å². The molecule has 4 nitrogen and oxygen atoms in total. The number of nitrogens with one attached hydrogen (secondary N) is 2. The van der Waals surface area contributed by atoms with Crippen molar-refractivity contribution in [3.63, 3.8) is 0 Å². The first-order chi connectivity index (χ1) is 12.3. The van der Waals surface area contributed by atoms with E-state index in [4.69, 9.17) is 0 Å². The highest BCUT2D eigenvalue weighted by molar-refractivity contribution is 6.01. The van der Waals surface area contributed by atoms with Crippen LogP contribution in [-0.4, -0.2) is 11.8 Å². The van der Waals surface area contributed by atoms with Crippen molar-refractivity contribution in [2.24, 2.45) is 0 Å². The summed E-state index contributed by atoms with van der Waals surface area (Å²) in [4.78, 5) is 24.2. The van der Waals surface area contributed by atoms with E-state index in [2.05, 4.69) is 10.6 Å². The van der Waals surface area contributed by atoms with Crippen molar-refractivity contribution in [3.05, 3.63) is 65.0 Å². The van der Waals surface area contributed by atoms with Crippen molar-refractivity contribution in [2.45, 2.75) is 25.1 Å². The lowest BCUT2D eigenvalue weighted by Gasteiger charge is -2.25. The lowest BCUT2D eigenvalue weighted by molar-refractivity contribution is -0.138.